The summed E-state index contributed by atoms with van der Waals surface area (Å²) in [5.74, 6) is 0. The Morgan fingerprint density at radius 3 is 2.92 bits per heavy atom. The van der Waals surface area contributed by atoms with E-state index >= 15 is 0 Å². The van der Waals surface area contributed by atoms with Gasteiger partial charge in [0.2, 0.25) is 0 Å². The zero-order chi connectivity index (χ0) is 8.97. The highest BCUT2D eigenvalue weighted by Gasteiger charge is 2.12. The third-order valence-corrected chi connectivity index (χ3v) is 1.79. The fraction of sp³-hybridized carbons (Fsp3) is 0.714. The van der Waals surface area contributed by atoms with Crippen LogP contribution in [-0.4, -0.2) is 35.8 Å². The number of methoxy groups -OCH3 is 1. The molecule has 0 saturated heterocycles. The zero-order valence-electron chi connectivity index (χ0n) is 7.61. The Morgan fingerprint density at radius 2 is 2.50 bits per heavy atom. The molecule has 0 saturated carbocycles. The second-order valence-corrected chi connectivity index (χ2v) is 2.58. The van der Waals surface area contributed by atoms with Gasteiger partial charge in [-0.05, 0) is 7.05 Å². The van der Waals surface area contributed by atoms with Crippen molar-refractivity contribution < 1.29 is 4.74 Å². The van der Waals surface area contributed by atoms with Crippen LogP contribution in [0.3, 0.4) is 0 Å². The Balaban J connectivity index is 2.72. The number of nitrogens with one attached hydrogen (secondary N) is 1. The first kappa shape index (κ1) is 9.15. The van der Waals surface area contributed by atoms with Crippen molar-refractivity contribution in [2.24, 2.45) is 7.05 Å². The van der Waals surface area contributed by atoms with E-state index in [0.717, 1.165) is 5.69 Å². The first-order chi connectivity index (χ1) is 5.79. The molecule has 0 spiro atoms. The molecule has 68 valence electrons. The molecule has 1 unspecified atom stereocenters. The van der Waals surface area contributed by atoms with Gasteiger partial charge >= 0.3 is 0 Å². The predicted molar refractivity (Wildman–Crippen MR) is 44.7 cm³/mol. The topological polar surface area (TPSA) is 52.0 Å². The summed E-state index contributed by atoms with van der Waals surface area (Å²) in [5, 5.41) is 10.7. The maximum atomic E-state index is 5.04. The SMILES string of the molecule is CNC(COC)c1cnnn1C. The minimum absolute atomic E-state index is 0.162. The number of aromatic nitrogens is 3. The Hall–Kier alpha value is -0.940. The largest absolute Gasteiger partial charge is 0.383 e. The molecule has 12 heavy (non-hydrogen) atoms. The van der Waals surface area contributed by atoms with Gasteiger partial charge in [0.25, 0.3) is 0 Å². The van der Waals surface area contributed by atoms with Gasteiger partial charge in [-0.1, -0.05) is 5.21 Å². The van der Waals surface area contributed by atoms with Gasteiger partial charge in [0.15, 0.2) is 0 Å². The molecule has 0 amide bonds. The molecule has 0 bridgehead atoms. The van der Waals surface area contributed by atoms with E-state index in [1.165, 1.54) is 0 Å². The highest BCUT2D eigenvalue weighted by Crippen LogP contribution is 2.08. The van der Waals surface area contributed by atoms with E-state index in [1.807, 2.05) is 14.1 Å². The lowest BCUT2D eigenvalue weighted by Gasteiger charge is -2.13. The van der Waals surface area contributed by atoms with Crippen molar-refractivity contribution in [3.63, 3.8) is 0 Å². The maximum absolute atomic E-state index is 5.04. The minimum atomic E-state index is 0.162. The van der Waals surface area contributed by atoms with Crippen LogP contribution in [0.15, 0.2) is 6.20 Å². The van der Waals surface area contributed by atoms with E-state index in [2.05, 4.69) is 15.6 Å². The number of ether oxygens (including phenoxy) is 1. The van der Waals surface area contributed by atoms with E-state index in [0.29, 0.717) is 6.61 Å². The predicted octanol–water partition coefficient (Wildman–Crippen LogP) is -0.278. The van der Waals surface area contributed by atoms with Crippen LogP contribution in [0.4, 0.5) is 0 Å². The van der Waals surface area contributed by atoms with Crippen LogP contribution in [0, 0.1) is 0 Å². The number of aryl methyl sites for hydroxylation is 1. The van der Waals surface area contributed by atoms with E-state index in [1.54, 1.807) is 18.0 Å². The average molecular weight is 170 g/mol. The van der Waals surface area contributed by atoms with Crippen LogP contribution in [0.2, 0.25) is 0 Å². The molecule has 0 aliphatic carbocycles. The summed E-state index contributed by atoms with van der Waals surface area (Å²) in [4.78, 5) is 0. The lowest BCUT2D eigenvalue weighted by atomic mass is 10.2. The van der Waals surface area contributed by atoms with Gasteiger partial charge in [-0.2, -0.15) is 0 Å². The molecule has 0 radical (unpaired) electrons. The van der Waals surface area contributed by atoms with Crippen LogP contribution >= 0.6 is 0 Å². The molecule has 0 fully saturated rings. The number of hydrogen-bond donors (Lipinski definition) is 1. The van der Waals surface area contributed by atoms with Gasteiger partial charge < -0.3 is 10.1 Å². The van der Waals surface area contributed by atoms with Crippen LogP contribution < -0.4 is 5.32 Å². The Morgan fingerprint density at radius 1 is 1.75 bits per heavy atom. The smallest absolute Gasteiger partial charge is 0.0776 e. The summed E-state index contributed by atoms with van der Waals surface area (Å²) in [6.45, 7) is 0.623. The van der Waals surface area contributed by atoms with Gasteiger partial charge in [0.1, 0.15) is 0 Å². The van der Waals surface area contributed by atoms with Gasteiger partial charge in [-0.3, -0.25) is 4.68 Å². The van der Waals surface area contributed by atoms with E-state index < -0.39 is 0 Å². The molecule has 1 aromatic rings. The van der Waals surface area contributed by atoms with Gasteiger partial charge in [-0.25, -0.2) is 0 Å². The Kier molecular flexibility index (Phi) is 3.19. The number of likely N-dealkylation sites (N-methyl/N-ethyl adjacent to an activating group) is 1. The number of hydrogen-bond acceptors (Lipinski definition) is 4. The summed E-state index contributed by atoms with van der Waals surface area (Å²) in [6, 6.07) is 0.162. The van der Waals surface area contributed by atoms with Crippen molar-refractivity contribution in [2.45, 2.75) is 6.04 Å². The van der Waals surface area contributed by atoms with Crippen molar-refractivity contribution in [2.75, 3.05) is 20.8 Å². The first-order valence-corrected chi connectivity index (χ1v) is 3.80. The van der Waals surface area contributed by atoms with Gasteiger partial charge in [0, 0.05) is 14.2 Å². The normalized spacial score (nSPS) is 13.2. The number of nitrogens with zero attached hydrogens (tertiary/aromatic N) is 3. The van der Waals surface area contributed by atoms with Crippen molar-refractivity contribution in [1.29, 1.82) is 0 Å². The number of rotatable bonds is 4. The molecule has 0 aliphatic rings. The average Bonchev–Trinajstić information content (AvgIpc) is 2.47. The summed E-state index contributed by atoms with van der Waals surface area (Å²) < 4.78 is 6.78. The zero-order valence-corrected chi connectivity index (χ0v) is 7.61. The summed E-state index contributed by atoms with van der Waals surface area (Å²) in [7, 11) is 5.42. The molecular weight excluding hydrogens is 156 g/mol. The summed E-state index contributed by atoms with van der Waals surface area (Å²) in [6.07, 6.45) is 1.74. The standard InChI is InChI=1S/C7H14N4O/c1-8-6(5-12-3)7-4-9-10-11(7)2/h4,6,8H,5H2,1-3H3. The Labute approximate surface area is 71.7 Å². The summed E-state index contributed by atoms with van der Waals surface area (Å²) >= 11 is 0. The third kappa shape index (κ3) is 1.80. The molecule has 0 aromatic carbocycles. The monoisotopic (exact) mass is 170 g/mol. The second kappa shape index (κ2) is 4.18. The molecule has 1 aromatic heterocycles. The van der Waals surface area contributed by atoms with Crippen LogP contribution in [-0.2, 0) is 11.8 Å². The lowest BCUT2D eigenvalue weighted by molar-refractivity contribution is 0.167. The quantitative estimate of drug-likeness (QED) is 0.675. The van der Waals surface area contributed by atoms with E-state index in [9.17, 15) is 0 Å². The molecule has 1 rings (SSSR count). The lowest BCUT2D eigenvalue weighted by Crippen LogP contribution is -2.23. The molecular formula is C7H14N4O. The van der Waals surface area contributed by atoms with Crippen LogP contribution in [0.25, 0.3) is 0 Å². The molecule has 1 atom stereocenters. The third-order valence-electron chi connectivity index (χ3n) is 1.79. The van der Waals surface area contributed by atoms with Gasteiger partial charge in [0.05, 0.1) is 24.5 Å². The van der Waals surface area contributed by atoms with E-state index in [-0.39, 0.29) is 6.04 Å². The van der Waals surface area contributed by atoms with Crippen LogP contribution in [0.5, 0.6) is 0 Å². The maximum Gasteiger partial charge on any atom is 0.0776 e. The van der Waals surface area contributed by atoms with Crippen molar-refractivity contribution in [1.82, 2.24) is 20.3 Å². The van der Waals surface area contributed by atoms with Crippen molar-refractivity contribution >= 4 is 0 Å². The van der Waals surface area contributed by atoms with Crippen molar-refractivity contribution in [3.8, 4) is 0 Å². The van der Waals surface area contributed by atoms with Gasteiger partial charge in [-0.15, -0.1) is 5.10 Å². The minimum Gasteiger partial charge on any atom is -0.383 e. The molecule has 0 aliphatic heterocycles. The highest BCUT2D eigenvalue weighted by molar-refractivity contribution is 5.01. The molecule has 1 N–H and O–H groups in total. The molecule has 5 heteroatoms. The molecule has 5 nitrogen and oxygen atoms in total. The van der Waals surface area contributed by atoms with Crippen LogP contribution in [0.1, 0.15) is 11.7 Å². The Bertz CT molecular complexity index is 235. The van der Waals surface area contributed by atoms with E-state index in [4.69, 9.17) is 4.74 Å². The summed E-state index contributed by atoms with van der Waals surface area (Å²) in [5.41, 5.74) is 1.03. The van der Waals surface area contributed by atoms with Crippen molar-refractivity contribution in [3.05, 3.63) is 11.9 Å². The fourth-order valence-electron chi connectivity index (χ4n) is 1.10. The highest BCUT2D eigenvalue weighted by atomic mass is 16.5. The molecule has 1 heterocycles. The second-order valence-electron chi connectivity index (χ2n) is 2.58. The fourth-order valence-corrected chi connectivity index (χ4v) is 1.10. The first-order valence-electron chi connectivity index (χ1n) is 3.80.